The Hall–Kier alpha value is -2.90. The number of aliphatic carboxylic acids is 1. The van der Waals surface area contributed by atoms with Gasteiger partial charge in [0.25, 0.3) is 11.8 Å². The first-order valence-corrected chi connectivity index (χ1v) is 6.52. The maximum Gasteiger partial charge on any atom is 0.325 e. The normalized spacial score (nSPS) is 21.7. The SMILES string of the molecule is CC(NC(=O)c1ccc(C2(C)NC(=O)NC2=O)cc1)C(=O)O. The molecule has 8 heteroatoms. The van der Waals surface area contributed by atoms with Gasteiger partial charge in [-0.2, -0.15) is 0 Å². The summed E-state index contributed by atoms with van der Waals surface area (Å²) in [5, 5.41) is 15.7. The van der Waals surface area contributed by atoms with Crippen molar-refractivity contribution in [1.29, 1.82) is 0 Å². The van der Waals surface area contributed by atoms with Gasteiger partial charge in [0.05, 0.1) is 0 Å². The van der Waals surface area contributed by atoms with Gasteiger partial charge >= 0.3 is 12.0 Å². The van der Waals surface area contributed by atoms with E-state index in [2.05, 4.69) is 16.0 Å². The first kappa shape index (κ1) is 15.5. The molecule has 0 spiro atoms. The lowest BCUT2D eigenvalue weighted by atomic mass is 9.91. The van der Waals surface area contributed by atoms with Crippen LogP contribution >= 0.6 is 0 Å². The Morgan fingerprint density at radius 3 is 2.27 bits per heavy atom. The van der Waals surface area contributed by atoms with Gasteiger partial charge in [-0.1, -0.05) is 12.1 Å². The van der Waals surface area contributed by atoms with E-state index in [-0.39, 0.29) is 5.56 Å². The van der Waals surface area contributed by atoms with Crippen molar-refractivity contribution < 1.29 is 24.3 Å². The Morgan fingerprint density at radius 1 is 1.23 bits per heavy atom. The number of amides is 4. The Balaban J connectivity index is 2.17. The molecule has 2 rings (SSSR count). The van der Waals surface area contributed by atoms with E-state index in [1.807, 2.05) is 0 Å². The zero-order chi connectivity index (χ0) is 16.5. The number of hydrogen-bond donors (Lipinski definition) is 4. The van der Waals surface area contributed by atoms with Crippen molar-refractivity contribution >= 4 is 23.8 Å². The highest BCUT2D eigenvalue weighted by molar-refractivity contribution is 6.07. The highest BCUT2D eigenvalue weighted by atomic mass is 16.4. The molecule has 116 valence electrons. The minimum Gasteiger partial charge on any atom is -0.480 e. The number of rotatable bonds is 4. The second-order valence-corrected chi connectivity index (χ2v) is 5.14. The summed E-state index contributed by atoms with van der Waals surface area (Å²) in [6, 6.07) is 4.40. The van der Waals surface area contributed by atoms with Crippen molar-refractivity contribution in [2.45, 2.75) is 25.4 Å². The highest BCUT2D eigenvalue weighted by Crippen LogP contribution is 2.24. The van der Waals surface area contributed by atoms with E-state index in [1.54, 1.807) is 6.92 Å². The van der Waals surface area contributed by atoms with Gasteiger partial charge in [0.2, 0.25) is 0 Å². The molecular formula is C14H15N3O5. The van der Waals surface area contributed by atoms with Crippen molar-refractivity contribution in [2.75, 3.05) is 0 Å². The molecule has 0 saturated carbocycles. The molecule has 1 aromatic rings. The van der Waals surface area contributed by atoms with Crippen LogP contribution in [0.2, 0.25) is 0 Å². The van der Waals surface area contributed by atoms with Crippen LogP contribution in [0.3, 0.4) is 0 Å². The van der Waals surface area contributed by atoms with Gasteiger partial charge in [-0.3, -0.25) is 19.7 Å². The predicted molar refractivity (Wildman–Crippen MR) is 75.0 cm³/mol. The topological polar surface area (TPSA) is 125 Å². The van der Waals surface area contributed by atoms with Crippen LogP contribution in [0.25, 0.3) is 0 Å². The number of carboxylic acid groups (broad SMARTS) is 1. The molecule has 1 aromatic carbocycles. The molecule has 22 heavy (non-hydrogen) atoms. The zero-order valence-electron chi connectivity index (χ0n) is 12.0. The smallest absolute Gasteiger partial charge is 0.325 e. The first-order valence-electron chi connectivity index (χ1n) is 6.52. The van der Waals surface area contributed by atoms with Crippen molar-refractivity contribution in [2.24, 2.45) is 0 Å². The summed E-state index contributed by atoms with van der Waals surface area (Å²) in [7, 11) is 0. The average Bonchev–Trinajstić information content (AvgIpc) is 2.72. The van der Waals surface area contributed by atoms with Gasteiger partial charge in [0.15, 0.2) is 0 Å². The van der Waals surface area contributed by atoms with E-state index in [0.29, 0.717) is 5.56 Å². The summed E-state index contributed by atoms with van der Waals surface area (Å²) >= 11 is 0. The molecule has 0 bridgehead atoms. The number of carbonyl (C=O) groups excluding carboxylic acids is 3. The fourth-order valence-corrected chi connectivity index (χ4v) is 2.04. The van der Waals surface area contributed by atoms with Crippen LogP contribution in [0.1, 0.15) is 29.8 Å². The summed E-state index contributed by atoms with van der Waals surface area (Å²) in [5.41, 5.74) is -0.427. The second-order valence-electron chi connectivity index (χ2n) is 5.14. The summed E-state index contributed by atoms with van der Waals surface area (Å²) in [6.45, 7) is 2.91. The van der Waals surface area contributed by atoms with Crippen molar-refractivity contribution in [3.05, 3.63) is 35.4 Å². The molecule has 4 amide bonds. The van der Waals surface area contributed by atoms with Crippen LogP contribution in [0.4, 0.5) is 4.79 Å². The quantitative estimate of drug-likeness (QED) is 0.580. The maximum atomic E-state index is 11.9. The van der Waals surface area contributed by atoms with Crippen LogP contribution in [-0.2, 0) is 15.1 Å². The van der Waals surface area contributed by atoms with Gasteiger partial charge in [0, 0.05) is 5.56 Å². The Kier molecular flexibility index (Phi) is 3.85. The molecule has 1 aliphatic heterocycles. The van der Waals surface area contributed by atoms with E-state index in [1.165, 1.54) is 31.2 Å². The molecule has 0 aliphatic carbocycles. The molecule has 8 nitrogen and oxygen atoms in total. The third-order valence-corrected chi connectivity index (χ3v) is 3.49. The third-order valence-electron chi connectivity index (χ3n) is 3.49. The number of imide groups is 1. The Labute approximate surface area is 125 Å². The standard InChI is InChI=1S/C14H15N3O5/c1-7(11(19)20)15-10(18)8-3-5-9(6-4-8)14(2)12(21)16-13(22)17-14/h3-7H,1-2H3,(H,15,18)(H,19,20)(H2,16,17,21,22). The number of nitrogens with one attached hydrogen (secondary N) is 3. The fourth-order valence-electron chi connectivity index (χ4n) is 2.04. The largest absolute Gasteiger partial charge is 0.480 e. The number of hydrogen-bond acceptors (Lipinski definition) is 4. The first-order chi connectivity index (χ1) is 10.2. The number of carbonyl (C=O) groups is 4. The Bertz CT molecular complexity index is 655. The minimum atomic E-state index is -1.19. The van der Waals surface area contributed by atoms with E-state index >= 15 is 0 Å². The van der Waals surface area contributed by atoms with Crippen molar-refractivity contribution in [3.63, 3.8) is 0 Å². The average molecular weight is 305 g/mol. The van der Waals surface area contributed by atoms with Crippen LogP contribution in [0.15, 0.2) is 24.3 Å². The molecule has 2 atom stereocenters. The molecular weight excluding hydrogens is 290 g/mol. The lowest BCUT2D eigenvalue weighted by molar-refractivity contribution is -0.138. The van der Waals surface area contributed by atoms with Crippen LogP contribution in [0.5, 0.6) is 0 Å². The van der Waals surface area contributed by atoms with Crippen molar-refractivity contribution in [3.8, 4) is 0 Å². The van der Waals surface area contributed by atoms with Crippen LogP contribution in [0, 0.1) is 0 Å². The molecule has 2 unspecified atom stereocenters. The molecule has 1 heterocycles. The lowest BCUT2D eigenvalue weighted by Crippen LogP contribution is -2.40. The van der Waals surface area contributed by atoms with E-state index in [0.717, 1.165) is 0 Å². The van der Waals surface area contributed by atoms with Gasteiger partial charge in [0.1, 0.15) is 11.6 Å². The maximum absolute atomic E-state index is 11.9. The molecule has 4 N–H and O–H groups in total. The van der Waals surface area contributed by atoms with E-state index < -0.39 is 35.4 Å². The molecule has 0 radical (unpaired) electrons. The van der Waals surface area contributed by atoms with Crippen LogP contribution in [-0.4, -0.2) is 35.0 Å². The monoisotopic (exact) mass is 305 g/mol. The Morgan fingerprint density at radius 2 is 1.82 bits per heavy atom. The van der Waals surface area contributed by atoms with E-state index in [9.17, 15) is 19.2 Å². The van der Waals surface area contributed by atoms with Gasteiger partial charge in [-0.15, -0.1) is 0 Å². The molecule has 0 aromatic heterocycles. The van der Waals surface area contributed by atoms with Gasteiger partial charge in [-0.05, 0) is 31.5 Å². The van der Waals surface area contributed by atoms with Crippen LogP contribution < -0.4 is 16.0 Å². The number of carboxylic acids is 1. The molecule has 1 saturated heterocycles. The second kappa shape index (κ2) is 5.47. The molecule has 1 fully saturated rings. The summed E-state index contributed by atoms with van der Waals surface area (Å²) in [4.78, 5) is 45.6. The lowest BCUT2D eigenvalue weighted by Gasteiger charge is -2.21. The molecule has 1 aliphatic rings. The zero-order valence-corrected chi connectivity index (χ0v) is 12.0. The van der Waals surface area contributed by atoms with Gasteiger partial charge in [-0.25, -0.2) is 4.79 Å². The predicted octanol–water partition coefficient (Wildman–Crippen LogP) is -0.0559. The third kappa shape index (κ3) is 2.76. The number of urea groups is 1. The van der Waals surface area contributed by atoms with E-state index in [4.69, 9.17) is 5.11 Å². The van der Waals surface area contributed by atoms with Crippen molar-refractivity contribution in [1.82, 2.24) is 16.0 Å². The number of benzene rings is 1. The highest BCUT2D eigenvalue weighted by Gasteiger charge is 2.43. The van der Waals surface area contributed by atoms with Gasteiger partial charge < -0.3 is 15.7 Å². The summed E-state index contributed by atoms with van der Waals surface area (Å²) in [5.74, 6) is -2.15. The fraction of sp³-hybridized carbons (Fsp3) is 0.286. The summed E-state index contributed by atoms with van der Waals surface area (Å²) in [6.07, 6.45) is 0. The minimum absolute atomic E-state index is 0.255. The summed E-state index contributed by atoms with van der Waals surface area (Å²) < 4.78 is 0.